The first kappa shape index (κ1) is 24.4. The van der Waals surface area contributed by atoms with Crippen LogP contribution in [-0.2, 0) is 9.47 Å². The Labute approximate surface area is 226 Å². The molecule has 1 aliphatic carbocycles. The minimum Gasteiger partial charge on any atom is -0.407 e. The zero-order chi connectivity index (χ0) is 26.1. The first-order valence-corrected chi connectivity index (χ1v) is 13.6. The number of morpholine rings is 1. The molecule has 2 aromatic carbocycles. The molecule has 3 heterocycles. The summed E-state index contributed by atoms with van der Waals surface area (Å²) in [6.07, 6.45) is 1.71. The molecule has 3 aromatic rings. The van der Waals surface area contributed by atoms with Gasteiger partial charge in [0, 0.05) is 34.8 Å². The van der Waals surface area contributed by atoms with Crippen LogP contribution in [0.5, 0.6) is 0 Å². The molecule has 0 bridgehead atoms. The topological polar surface area (TPSA) is 106 Å². The number of thiophene rings is 1. The van der Waals surface area contributed by atoms with Gasteiger partial charge in [0.1, 0.15) is 5.00 Å². The molecule has 1 atom stereocenters. The fourth-order valence-corrected chi connectivity index (χ4v) is 6.08. The Morgan fingerprint density at radius 1 is 1.08 bits per heavy atom. The van der Waals surface area contributed by atoms with E-state index >= 15 is 0 Å². The lowest BCUT2D eigenvalue weighted by Crippen LogP contribution is -2.39. The van der Waals surface area contributed by atoms with Crippen LogP contribution < -0.4 is 15.5 Å². The first-order valence-electron chi connectivity index (χ1n) is 12.8. The van der Waals surface area contributed by atoms with Crippen molar-refractivity contribution in [1.82, 2.24) is 5.32 Å². The summed E-state index contributed by atoms with van der Waals surface area (Å²) >= 11 is 1.73. The maximum atomic E-state index is 8.76. The monoisotopic (exact) mass is 526 g/mol. The van der Waals surface area contributed by atoms with Crippen molar-refractivity contribution in [1.29, 1.82) is 10.8 Å². The highest BCUT2D eigenvalue weighted by Gasteiger charge is 2.30. The molecule has 1 saturated carbocycles. The molecule has 2 fully saturated rings. The summed E-state index contributed by atoms with van der Waals surface area (Å²) in [6.45, 7) is 7.08. The summed E-state index contributed by atoms with van der Waals surface area (Å²) in [5.74, 6) is 0.529. The molecule has 38 heavy (non-hydrogen) atoms. The van der Waals surface area contributed by atoms with Gasteiger partial charge in [-0.15, -0.1) is 11.3 Å². The molecule has 0 unspecified atom stereocenters. The van der Waals surface area contributed by atoms with Gasteiger partial charge in [0.25, 0.3) is 6.02 Å². The van der Waals surface area contributed by atoms with E-state index in [1.807, 2.05) is 54.6 Å². The molecule has 4 N–H and O–H groups in total. The van der Waals surface area contributed by atoms with Crippen LogP contribution in [0.4, 0.5) is 10.7 Å². The minimum absolute atomic E-state index is 0.0464. The second-order valence-electron chi connectivity index (χ2n) is 9.59. The molecule has 1 saturated heterocycles. The smallest absolute Gasteiger partial charge is 0.290 e. The Balaban J connectivity index is 1.23. The van der Waals surface area contributed by atoms with Crippen LogP contribution in [0.1, 0.15) is 40.3 Å². The van der Waals surface area contributed by atoms with Crippen molar-refractivity contribution in [3.8, 4) is 0 Å². The number of fused-ring (bicyclic) bond motifs is 1. The predicted octanol–water partition coefficient (Wildman–Crippen LogP) is 5.13. The van der Waals surface area contributed by atoms with E-state index in [2.05, 4.69) is 28.2 Å². The van der Waals surface area contributed by atoms with Crippen LogP contribution in [-0.4, -0.2) is 50.1 Å². The SMILES string of the molecule is C=C1Nc2ccccc2C(c2ccccc2)=N[C@@H]1NC(=N)OC(=N)c1cc(C2CC2)sc1N1CCOCC1. The van der Waals surface area contributed by atoms with Crippen molar-refractivity contribution in [2.24, 2.45) is 4.99 Å². The number of anilines is 2. The van der Waals surface area contributed by atoms with Gasteiger partial charge in [-0.1, -0.05) is 55.1 Å². The quantitative estimate of drug-likeness (QED) is 0.272. The summed E-state index contributed by atoms with van der Waals surface area (Å²) < 4.78 is 11.3. The van der Waals surface area contributed by atoms with Crippen molar-refractivity contribution in [3.63, 3.8) is 0 Å². The molecule has 8 nitrogen and oxygen atoms in total. The maximum Gasteiger partial charge on any atom is 0.290 e. The van der Waals surface area contributed by atoms with Crippen LogP contribution in [0.3, 0.4) is 0 Å². The number of hydrogen-bond donors (Lipinski definition) is 4. The molecule has 6 rings (SSSR count). The van der Waals surface area contributed by atoms with E-state index in [-0.39, 0.29) is 11.9 Å². The second kappa shape index (κ2) is 10.4. The van der Waals surface area contributed by atoms with Crippen LogP contribution in [0.25, 0.3) is 0 Å². The summed E-state index contributed by atoms with van der Waals surface area (Å²) in [6, 6.07) is 19.7. The number of aliphatic imine (C=N–C) groups is 1. The molecule has 194 valence electrons. The fraction of sp³-hybridized carbons (Fsp3) is 0.276. The highest BCUT2D eigenvalue weighted by atomic mass is 32.1. The third-order valence-corrected chi connectivity index (χ3v) is 8.20. The van der Waals surface area contributed by atoms with Crippen LogP contribution in [0.15, 0.2) is 77.9 Å². The predicted molar refractivity (Wildman–Crippen MR) is 153 cm³/mol. The number of benzodiazepines with no additional fused rings is 1. The summed E-state index contributed by atoms with van der Waals surface area (Å²) in [4.78, 5) is 8.49. The number of para-hydroxylation sites is 1. The molecule has 0 radical (unpaired) electrons. The van der Waals surface area contributed by atoms with E-state index in [0.717, 1.165) is 46.2 Å². The minimum atomic E-state index is -0.666. The third kappa shape index (κ3) is 5.07. The molecule has 3 aliphatic rings. The van der Waals surface area contributed by atoms with Gasteiger partial charge in [-0.05, 0) is 30.9 Å². The lowest BCUT2D eigenvalue weighted by Gasteiger charge is -2.28. The van der Waals surface area contributed by atoms with Crippen molar-refractivity contribution in [2.75, 3.05) is 36.5 Å². The van der Waals surface area contributed by atoms with Gasteiger partial charge in [-0.3, -0.25) is 15.8 Å². The van der Waals surface area contributed by atoms with Crippen molar-refractivity contribution in [2.45, 2.75) is 24.9 Å². The van der Waals surface area contributed by atoms with Crippen LogP contribution in [0, 0.1) is 10.8 Å². The number of rotatable bonds is 5. The zero-order valence-corrected chi connectivity index (χ0v) is 21.8. The molecule has 0 spiro atoms. The molecular weight excluding hydrogens is 496 g/mol. The Morgan fingerprint density at radius 3 is 2.58 bits per heavy atom. The van der Waals surface area contributed by atoms with Crippen molar-refractivity contribution < 1.29 is 9.47 Å². The van der Waals surface area contributed by atoms with Gasteiger partial charge in [0.2, 0.25) is 5.90 Å². The summed E-state index contributed by atoms with van der Waals surface area (Å²) in [5, 5.41) is 24.7. The maximum absolute atomic E-state index is 8.76. The molecule has 0 amide bonds. The average Bonchev–Trinajstić information content (AvgIpc) is 3.71. The highest BCUT2D eigenvalue weighted by Crippen LogP contribution is 2.47. The van der Waals surface area contributed by atoms with Gasteiger partial charge in [0.15, 0.2) is 6.17 Å². The van der Waals surface area contributed by atoms with Crippen LogP contribution in [0.2, 0.25) is 0 Å². The number of benzene rings is 2. The van der Waals surface area contributed by atoms with E-state index in [1.54, 1.807) is 11.3 Å². The first-order chi connectivity index (χ1) is 18.6. The Hall–Kier alpha value is -3.95. The zero-order valence-electron chi connectivity index (χ0n) is 21.0. The van der Waals surface area contributed by atoms with Gasteiger partial charge in [-0.2, -0.15) is 0 Å². The van der Waals surface area contributed by atoms with Gasteiger partial charge in [0.05, 0.1) is 30.2 Å². The van der Waals surface area contributed by atoms with Crippen molar-refractivity contribution in [3.05, 3.63) is 94.5 Å². The molecular formula is C29H30N6O2S. The fourth-order valence-electron chi connectivity index (χ4n) is 4.71. The van der Waals surface area contributed by atoms with Gasteiger partial charge in [-0.25, -0.2) is 0 Å². The number of ether oxygens (including phenoxy) is 2. The normalized spacial score (nSPS) is 19.1. The lowest BCUT2D eigenvalue weighted by atomic mass is 10.0. The third-order valence-electron chi connectivity index (χ3n) is 6.84. The molecule has 1 aromatic heterocycles. The number of nitrogens with one attached hydrogen (secondary N) is 4. The summed E-state index contributed by atoms with van der Waals surface area (Å²) in [5.41, 5.74) is 4.91. The summed E-state index contributed by atoms with van der Waals surface area (Å²) in [7, 11) is 0. The van der Waals surface area contributed by atoms with Gasteiger partial charge >= 0.3 is 0 Å². The average molecular weight is 527 g/mol. The molecule has 9 heteroatoms. The van der Waals surface area contributed by atoms with E-state index in [9.17, 15) is 0 Å². The Bertz CT molecular complexity index is 1410. The largest absolute Gasteiger partial charge is 0.407 e. The Kier molecular flexibility index (Phi) is 6.70. The number of amidine groups is 1. The van der Waals surface area contributed by atoms with E-state index in [1.165, 1.54) is 17.7 Å². The van der Waals surface area contributed by atoms with E-state index in [4.69, 9.17) is 25.3 Å². The standard InChI is InChI=1S/C29H30N6O2S/c1-18-27(33-25(20-7-3-2-4-8-20)21-9-5-6-10-23(21)32-18)34-29(31)37-26(30)22-17-24(19-11-12-19)38-28(22)35-13-15-36-16-14-35/h2-10,17,19,27,30,32H,1,11-16H2,(H2,31,34)/t27-/m1/s1. The number of nitrogens with zero attached hydrogens (tertiary/aromatic N) is 2. The van der Waals surface area contributed by atoms with Crippen molar-refractivity contribution >= 4 is 39.7 Å². The number of hydrogen-bond acceptors (Lipinski definition) is 8. The lowest BCUT2D eigenvalue weighted by molar-refractivity contribution is 0.123. The van der Waals surface area contributed by atoms with Crippen LogP contribution >= 0.6 is 11.3 Å². The Morgan fingerprint density at radius 2 is 1.82 bits per heavy atom. The van der Waals surface area contributed by atoms with E-state index < -0.39 is 6.17 Å². The van der Waals surface area contributed by atoms with E-state index in [0.29, 0.717) is 24.8 Å². The van der Waals surface area contributed by atoms with Gasteiger partial charge < -0.3 is 25.0 Å². The highest BCUT2D eigenvalue weighted by molar-refractivity contribution is 7.16. The molecule has 2 aliphatic heterocycles. The second-order valence-corrected chi connectivity index (χ2v) is 10.7.